The van der Waals surface area contributed by atoms with Crippen LogP contribution >= 0.6 is 11.3 Å². The fourth-order valence-corrected chi connectivity index (χ4v) is 2.10. The summed E-state index contributed by atoms with van der Waals surface area (Å²) in [5.74, 6) is 2.12. The van der Waals surface area contributed by atoms with Crippen molar-refractivity contribution in [3.63, 3.8) is 0 Å². The van der Waals surface area contributed by atoms with Crippen LogP contribution in [-0.2, 0) is 0 Å². The van der Waals surface area contributed by atoms with E-state index < -0.39 is 0 Å². The van der Waals surface area contributed by atoms with Gasteiger partial charge >= 0.3 is 0 Å². The van der Waals surface area contributed by atoms with Crippen LogP contribution in [0.3, 0.4) is 0 Å². The second-order valence-electron chi connectivity index (χ2n) is 3.98. The Balaban J connectivity index is 1.86. The van der Waals surface area contributed by atoms with Gasteiger partial charge in [-0.15, -0.1) is 10.2 Å². The summed E-state index contributed by atoms with van der Waals surface area (Å²) < 4.78 is 0. The van der Waals surface area contributed by atoms with Crippen LogP contribution in [0, 0.1) is 6.92 Å². The van der Waals surface area contributed by atoms with E-state index in [0.29, 0.717) is 5.92 Å². The summed E-state index contributed by atoms with van der Waals surface area (Å²) in [7, 11) is 0. The maximum absolute atomic E-state index is 4.51. The van der Waals surface area contributed by atoms with Crippen LogP contribution in [-0.4, -0.2) is 33.3 Å². The van der Waals surface area contributed by atoms with Crippen molar-refractivity contribution in [2.24, 2.45) is 0 Å². The second-order valence-corrected chi connectivity index (χ2v) is 4.81. The van der Waals surface area contributed by atoms with Gasteiger partial charge in [-0.1, -0.05) is 11.3 Å². The maximum atomic E-state index is 4.51. The van der Waals surface area contributed by atoms with Gasteiger partial charge in [0.05, 0.1) is 0 Å². The van der Waals surface area contributed by atoms with Gasteiger partial charge in [0.25, 0.3) is 0 Å². The van der Waals surface area contributed by atoms with Gasteiger partial charge in [0, 0.05) is 30.8 Å². The molecule has 6 nitrogen and oxygen atoms in total. The lowest BCUT2D eigenvalue weighted by molar-refractivity contribution is 0.429. The summed E-state index contributed by atoms with van der Waals surface area (Å²) in [6.07, 6.45) is 0. The fourth-order valence-electron chi connectivity index (χ4n) is 1.65. The topological polar surface area (TPSA) is 75.6 Å². The van der Waals surface area contributed by atoms with E-state index in [1.807, 2.05) is 13.0 Å². The van der Waals surface area contributed by atoms with Crippen LogP contribution in [0.5, 0.6) is 0 Å². The number of nitrogens with zero attached hydrogens (tertiary/aromatic N) is 4. The summed E-state index contributed by atoms with van der Waals surface area (Å²) in [5, 5.41) is 14.8. The molecule has 0 aromatic carbocycles. The SMILES string of the molecule is Cc1cc(Nc2nncs2)nc(C2CNC2)n1. The Morgan fingerprint density at radius 1 is 1.41 bits per heavy atom. The third-order valence-corrected chi connectivity index (χ3v) is 3.22. The van der Waals surface area contributed by atoms with Gasteiger partial charge in [-0.2, -0.15) is 0 Å². The summed E-state index contributed by atoms with van der Waals surface area (Å²) in [5.41, 5.74) is 2.65. The van der Waals surface area contributed by atoms with E-state index in [4.69, 9.17) is 0 Å². The molecule has 7 heteroatoms. The van der Waals surface area contributed by atoms with Crippen molar-refractivity contribution in [2.75, 3.05) is 18.4 Å². The quantitative estimate of drug-likeness (QED) is 0.846. The summed E-state index contributed by atoms with van der Waals surface area (Å²) >= 11 is 1.45. The number of aryl methyl sites for hydroxylation is 1. The van der Waals surface area contributed by atoms with Crippen molar-refractivity contribution in [3.8, 4) is 0 Å². The van der Waals surface area contributed by atoms with Crippen LogP contribution < -0.4 is 10.6 Å². The number of anilines is 2. The van der Waals surface area contributed by atoms with Gasteiger partial charge in [-0.25, -0.2) is 9.97 Å². The lowest BCUT2D eigenvalue weighted by Gasteiger charge is -2.25. The number of hydrogen-bond acceptors (Lipinski definition) is 7. The Morgan fingerprint density at radius 3 is 2.94 bits per heavy atom. The predicted octanol–water partition coefficient (Wildman–Crippen LogP) is 1.07. The fraction of sp³-hybridized carbons (Fsp3) is 0.400. The first-order chi connectivity index (χ1) is 8.31. The molecule has 0 radical (unpaired) electrons. The molecule has 3 rings (SSSR count). The molecule has 1 saturated heterocycles. The third kappa shape index (κ3) is 2.25. The molecule has 1 aliphatic heterocycles. The van der Waals surface area contributed by atoms with Crippen molar-refractivity contribution < 1.29 is 0 Å². The van der Waals surface area contributed by atoms with E-state index in [0.717, 1.165) is 35.6 Å². The van der Waals surface area contributed by atoms with Gasteiger partial charge in [0.15, 0.2) is 0 Å². The average molecular weight is 248 g/mol. The first-order valence-electron chi connectivity index (χ1n) is 5.41. The molecule has 2 aromatic heterocycles. The molecule has 0 bridgehead atoms. The van der Waals surface area contributed by atoms with E-state index in [1.54, 1.807) is 5.51 Å². The summed E-state index contributed by atoms with van der Waals surface area (Å²) in [6, 6.07) is 1.91. The first-order valence-corrected chi connectivity index (χ1v) is 6.29. The lowest BCUT2D eigenvalue weighted by atomic mass is 10.0. The molecule has 0 amide bonds. The van der Waals surface area contributed by atoms with Gasteiger partial charge in [-0.3, -0.25) is 0 Å². The zero-order valence-corrected chi connectivity index (χ0v) is 10.2. The molecule has 0 aliphatic carbocycles. The van der Waals surface area contributed by atoms with Crippen LogP contribution in [0.1, 0.15) is 17.4 Å². The van der Waals surface area contributed by atoms with E-state index in [-0.39, 0.29) is 0 Å². The number of nitrogens with one attached hydrogen (secondary N) is 2. The molecule has 3 heterocycles. The molecule has 2 N–H and O–H groups in total. The summed E-state index contributed by atoms with van der Waals surface area (Å²) in [4.78, 5) is 8.97. The van der Waals surface area contributed by atoms with Gasteiger partial charge in [0.2, 0.25) is 5.13 Å². The molecular weight excluding hydrogens is 236 g/mol. The predicted molar refractivity (Wildman–Crippen MR) is 65.6 cm³/mol. The van der Waals surface area contributed by atoms with Crippen molar-refractivity contribution in [3.05, 3.63) is 23.1 Å². The van der Waals surface area contributed by atoms with Crippen LogP contribution in [0.2, 0.25) is 0 Å². The highest BCUT2D eigenvalue weighted by Crippen LogP contribution is 2.21. The van der Waals surface area contributed by atoms with Crippen LogP contribution in [0.4, 0.5) is 10.9 Å². The highest BCUT2D eigenvalue weighted by Gasteiger charge is 2.22. The molecule has 1 fully saturated rings. The molecule has 17 heavy (non-hydrogen) atoms. The molecule has 0 saturated carbocycles. The number of rotatable bonds is 3. The van der Waals surface area contributed by atoms with Gasteiger partial charge in [0.1, 0.15) is 17.2 Å². The van der Waals surface area contributed by atoms with Gasteiger partial charge < -0.3 is 10.6 Å². The van der Waals surface area contributed by atoms with E-state index in [2.05, 4.69) is 30.8 Å². The molecule has 0 atom stereocenters. The Kier molecular flexibility index (Phi) is 2.69. The van der Waals surface area contributed by atoms with Gasteiger partial charge in [-0.05, 0) is 6.92 Å². The minimum Gasteiger partial charge on any atom is -0.315 e. The number of aromatic nitrogens is 4. The Bertz CT molecular complexity index is 508. The smallest absolute Gasteiger partial charge is 0.210 e. The zero-order valence-electron chi connectivity index (χ0n) is 9.34. The van der Waals surface area contributed by atoms with E-state index in [9.17, 15) is 0 Å². The van der Waals surface area contributed by atoms with Crippen molar-refractivity contribution in [1.82, 2.24) is 25.5 Å². The largest absolute Gasteiger partial charge is 0.315 e. The van der Waals surface area contributed by atoms with E-state index >= 15 is 0 Å². The van der Waals surface area contributed by atoms with Crippen molar-refractivity contribution >= 4 is 22.3 Å². The maximum Gasteiger partial charge on any atom is 0.210 e. The van der Waals surface area contributed by atoms with Crippen LogP contribution in [0.25, 0.3) is 0 Å². The monoisotopic (exact) mass is 248 g/mol. The minimum atomic E-state index is 0.435. The first kappa shape index (κ1) is 10.5. The average Bonchev–Trinajstić information content (AvgIpc) is 2.66. The van der Waals surface area contributed by atoms with E-state index in [1.165, 1.54) is 11.3 Å². The lowest BCUT2D eigenvalue weighted by Crippen LogP contribution is -2.41. The zero-order chi connectivity index (χ0) is 11.7. The van der Waals surface area contributed by atoms with Crippen molar-refractivity contribution in [1.29, 1.82) is 0 Å². The molecule has 88 valence electrons. The van der Waals surface area contributed by atoms with Crippen LogP contribution in [0.15, 0.2) is 11.6 Å². The van der Waals surface area contributed by atoms with Crippen molar-refractivity contribution in [2.45, 2.75) is 12.8 Å². The highest BCUT2D eigenvalue weighted by atomic mass is 32.1. The minimum absolute atomic E-state index is 0.435. The number of hydrogen-bond donors (Lipinski definition) is 2. The second kappa shape index (κ2) is 4.34. The molecule has 1 aliphatic rings. The molecule has 0 spiro atoms. The molecular formula is C10H12N6S. The molecule has 0 unspecified atom stereocenters. The Hall–Kier alpha value is -1.60. The third-order valence-electron chi connectivity index (χ3n) is 2.61. The molecule has 2 aromatic rings. The standard InChI is InChI=1S/C10H12N6S/c1-6-2-8(15-10-16-12-5-17-10)14-9(13-6)7-3-11-4-7/h2,5,7,11H,3-4H2,1H3,(H,13,14,15,16). The Labute approximate surface area is 103 Å². The summed E-state index contributed by atoms with van der Waals surface area (Å²) in [6.45, 7) is 3.89. The Morgan fingerprint density at radius 2 is 2.29 bits per heavy atom. The normalized spacial score (nSPS) is 15.6. The highest BCUT2D eigenvalue weighted by molar-refractivity contribution is 7.13.